The molecule has 2 rings (SSSR count). The van der Waals surface area contributed by atoms with Gasteiger partial charge in [0.15, 0.2) is 0 Å². The van der Waals surface area contributed by atoms with Gasteiger partial charge < -0.3 is 10.6 Å². The highest BCUT2D eigenvalue weighted by Crippen LogP contribution is 2.20. The topological polar surface area (TPSA) is 61.4 Å². The van der Waals surface area contributed by atoms with E-state index < -0.39 is 0 Å². The molecule has 0 heterocycles. The van der Waals surface area contributed by atoms with Crippen molar-refractivity contribution in [2.24, 2.45) is 0 Å². The van der Waals surface area contributed by atoms with Gasteiger partial charge in [-0.3, -0.25) is 14.5 Å². The van der Waals surface area contributed by atoms with Crippen molar-refractivity contribution < 1.29 is 9.59 Å². The number of halogens is 1. The van der Waals surface area contributed by atoms with Crippen LogP contribution in [0.1, 0.15) is 44.6 Å². The Morgan fingerprint density at radius 1 is 1.16 bits per heavy atom. The highest BCUT2D eigenvalue weighted by atomic mass is 35.5. The van der Waals surface area contributed by atoms with Crippen molar-refractivity contribution in [3.8, 4) is 0 Å². The minimum atomic E-state index is -0.141. The molecule has 2 amide bonds. The Labute approximate surface area is 155 Å². The number of amides is 2. The van der Waals surface area contributed by atoms with Crippen LogP contribution in [0.25, 0.3) is 0 Å². The maximum Gasteiger partial charge on any atom is 0.238 e. The Morgan fingerprint density at radius 2 is 1.84 bits per heavy atom. The van der Waals surface area contributed by atoms with Gasteiger partial charge in [-0.2, -0.15) is 0 Å². The molecule has 6 heteroatoms. The molecule has 1 saturated carbocycles. The van der Waals surface area contributed by atoms with E-state index in [0.717, 1.165) is 18.4 Å². The minimum Gasteiger partial charge on any atom is -0.352 e. The predicted octanol–water partition coefficient (Wildman–Crippen LogP) is 3.36. The van der Waals surface area contributed by atoms with E-state index >= 15 is 0 Å². The standard InChI is InChI=1S/C19H28ClN3O2/c1-3-23(12-18(24)21-16-7-5-4-6-8-16)13-19(25)22-17-11-15(20)10-9-14(17)2/h9-11,16H,3-8,12-13H2,1-2H3,(H,21,24)(H,22,25). The normalized spacial score (nSPS) is 15.2. The van der Waals surface area contributed by atoms with Gasteiger partial charge in [-0.1, -0.05) is 43.9 Å². The van der Waals surface area contributed by atoms with Crippen LogP contribution in [0.15, 0.2) is 18.2 Å². The number of hydrogen-bond donors (Lipinski definition) is 2. The smallest absolute Gasteiger partial charge is 0.238 e. The highest BCUT2D eigenvalue weighted by Gasteiger charge is 2.18. The van der Waals surface area contributed by atoms with Crippen molar-refractivity contribution >= 4 is 29.1 Å². The van der Waals surface area contributed by atoms with Crippen LogP contribution in [0.3, 0.4) is 0 Å². The third-order valence-electron chi connectivity index (χ3n) is 4.63. The average molecular weight is 366 g/mol. The van der Waals surface area contributed by atoms with Crippen LogP contribution in [0.4, 0.5) is 5.69 Å². The monoisotopic (exact) mass is 365 g/mol. The van der Waals surface area contributed by atoms with Crippen LogP contribution in [-0.2, 0) is 9.59 Å². The van der Waals surface area contributed by atoms with E-state index in [9.17, 15) is 9.59 Å². The van der Waals surface area contributed by atoms with Crippen molar-refractivity contribution in [3.05, 3.63) is 28.8 Å². The Hall–Kier alpha value is -1.59. The van der Waals surface area contributed by atoms with Crippen LogP contribution in [0.5, 0.6) is 0 Å². The molecule has 5 nitrogen and oxygen atoms in total. The third kappa shape index (κ3) is 6.67. The summed E-state index contributed by atoms with van der Waals surface area (Å²) in [4.78, 5) is 26.3. The maximum absolute atomic E-state index is 12.3. The summed E-state index contributed by atoms with van der Waals surface area (Å²) in [5.74, 6) is -0.141. The van der Waals surface area contributed by atoms with Crippen LogP contribution < -0.4 is 10.6 Å². The van der Waals surface area contributed by atoms with Gasteiger partial charge in [0.1, 0.15) is 0 Å². The Morgan fingerprint density at radius 3 is 2.52 bits per heavy atom. The van der Waals surface area contributed by atoms with Crippen molar-refractivity contribution in [1.29, 1.82) is 0 Å². The second-order valence-electron chi connectivity index (χ2n) is 6.71. The number of rotatable bonds is 7. The molecule has 0 aromatic heterocycles. The van der Waals surface area contributed by atoms with Gasteiger partial charge in [0.05, 0.1) is 13.1 Å². The molecule has 1 fully saturated rings. The molecule has 0 unspecified atom stereocenters. The number of benzene rings is 1. The van der Waals surface area contributed by atoms with E-state index in [2.05, 4.69) is 10.6 Å². The fourth-order valence-corrected chi connectivity index (χ4v) is 3.30. The lowest BCUT2D eigenvalue weighted by molar-refractivity contribution is -0.124. The Balaban J connectivity index is 1.82. The molecule has 0 radical (unpaired) electrons. The van der Waals surface area contributed by atoms with Crippen molar-refractivity contribution in [2.75, 3.05) is 25.0 Å². The van der Waals surface area contributed by atoms with Gasteiger partial charge >= 0.3 is 0 Å². The largest absolute Gasteiger partial charge is 0.352 e. The molecule has 25 heavy (non-hydrogen) atoms. The number of hydrogen-bond acceptors (Lipinski definition) is 3. The summed E-state index contributed by atoms with van der Waals surface area (Å²) in [7, 11) is 0. The summed E-state index contributed by atoms with van der Waals surface area (Å²) in [5, 5.41) is 6.55. The lowest BCUT2D eigenvalue weighted by Gasteiger charge is -2.25. The Bertz CT molecular complexity index is 600. The molecule has 0 atom stereocenters. The zero-order chi connectivity index (χ0) is 18.2. The molecular weight excluding hydrogens is 338 g/mol. The summed E-state index contributed by atoms with van der Waals surface area (Å²) in [6, 6.07) is 5.69. The second kappa shape index (κ2) is 9.78. The summed E-state index contributed by atoms with van der Waals surface area (Å²) >= 11 is 5.98. The molecule has 1 aliphatic carbocycles. The number of likely N-dealkylation sites (N-methyl/N-ethyl adjacent to an activating group) is 1. The number of nitrogens with zero attached hydrogens (tertiary/aromatic N) is 1. The highest BCUT2D eigenvalue weighted by molar-refractivity contribution is 6.31. The summed E-state index contributed by atoms with van der Waals surface area (Å²) in [6.45, 7) is 4.93. The van der Waals surface area contributed by atoms with E-state index in [1.54, 1.807) is 12.1 Å². The van der Waals surface area contributed by atoms with E-state index in [0.29, 0.717) is 23.3 Å². The minimum absolute atomic E-state index is 0.000450. The summed E-state index contributed by atoms with van der Waals surface area (Å²) in [6.07, 6.45) is 5.75. The maximum atomic E-state index is 12.3. The quantitative estimate of drug-likeness (QED) is 0.778. The van der Waals surface area contributed by atoms with Crippen LogP contribution in [0, 0.1) is 6.92 Å². The number of anilines is 1. The first kappa shape index (κ1) is 19.7. The fourth-order valence-electron chi connectivity index (χ4n) is 3.12. The fraction of sp³-hybridized carbons (Fsp3) is 0.579. The molecule has 1 aliphatic rings. The predicted molar refractivity (Wildman–Crippen MR) is 102 cm³/mol. The first-order valence-corrected chi connectivity index (χ1v) is 9.43. The molecule has 0 spiro atoms. The average Bonchev–Trinajstić information content (AvgIpc) is 2.58. The zero-order valence-corrected chi connectivity index (χ0v) is 15.9. The number of aryl methyl sites for hydroxylation is 1. The van der Waals surface area contributed by atoms with E-state index in [1.165, 1.54) is 19.3 Å². The molecule has 138 valence electrons. The molecule has 0 saturated heterocycles. The third-order valence-corrected chi connectivity index (χ3v) is 4.86. The molecule has 1 aromatic rings. The zero-order valence-electron chi connectivity index (χ0n) is 15.1. The molecule has 0 aliphatic heterocycles. The first-order chi connectivity index (χ1) is 12.0. The SMILES string of the molecule is CCN(CC(=O)Nc1cc(Cl)ccc1C)CC(=O)NC1CCCCC1. The van der Waals surface area contributed by atoms with Crippen molar-refractivity contribution in [2.45, 2.75) is 52.0 Å². The Kier molecular flexibility index (Phi) is 7.72. The van der Waals surface area contributed by atoms with Crippen molar-refractivity contribution in [1.82, 2.24) is 10.2 Å². The van der Waals surface area contributed by atoms with Crippen LogP contribution in [-0.4, -0.2) is 42.4 Å². The van der Waals surface area contributed by atoms with Gasteiger partial charge in [0.2, 0.25) is 11.8 Å². The number of carbonyl (C=O) groups is 2. The summed E-state index contributed by atoms with van der Waals surface area (Å²) in [5.41, 5.74) is 1.66. The van der Waals surface area contributed by atoms with Gasteiger partial charge in [-0.15, -0.1) is 0 Å². The van der Waals surface area contributed by atoms with Gasteiger partial charge in [-0.05, 0) is 44.0 Å². The van der Waals surface area contributed by atoms with Crippen LogP contribution in [0.2, 0.25) is 5.02 Å². The van der Waals surface area contributed by atoms with E-state index in [1.807, 2.05) is 24.8 Å². The lowest BCUT2D eigenvalue weighted by Crippen LogP contribution is -2.44. The lowest BCUT2D eigenvalue weighted by atomic mass is 9.95. The molecule has 0 bridgehead atoms. The van der Waals surface area contributed by atoms with E-state index in [4.69, 9.17) is 11.6 Å². The van der Waals surface area contributed by atoms with E-state index in [-0.39, 0.29) is 24.9 Å². The van der Waals surface area contributed by atoms with Gasteiger partial charge in [-0.25, -0.2) is 0 Å². The number of nitrogens with one attached hydrogen (secondary N) is 2. The van der Waals surface area contributed by atoms with Crippen LogP contribution >= 0.6 is 11.6 Å². The molecular formula is C19H28ClN3O2. The second-order valence-corrected chi connectivity index (χ2v) is 7.15. The summed E-state index contributed by atoms with van der Waals surface area (Å²) < 4.78 is 0. The van der Waals surface area contributed by atoms with Crippen molar-refractivity contribution in [3.63, 3.8) is 0 Å². The molecule has 1 aromatic carbocycles. The van der Waals surface area contributed by atoms with Gasteiger partial charge in [0, 0.05) is 16.8 Å². The van der Waals surface area contributed by atoms with Gasteiger partial charge in [0.25, 0.3) is 0 Å². The number of carbonyl (C=O) groups excluding carboxylic acids is 2. The first-order valence-electron chi connectivity index (χ1n) is 9.05. The molecule has 2 N–H and O–H groups in total.